The van der Waals surface area contributed by atoms with Crippen LogP contribution in [-0.2, 0) is 38.1 Å². The molecule has 1 radical (unpaired) electrons. The minimum Gasteiger partial charge on any atom is -0.358 e. The third-order valence-electron chi connectivity index (χ3n) is 3.64. The molecule has 0 heterocycles. The van der Waals surface area contributed by atoms with Gasteiger partial charge in [0.1, 0.15) is 0 Å². The molecule has 0 nitrogen and oxygen atoms in total. The predicted octanol–water partition coefficient (Wildman–Crippen LogP) is 5.49. The van der Waals surface area contributed by atoms with Gasteiger partial charge in [0.25, 0.3) is 0 Å². The van der Waals surface area contributed by atoms with Crippen LogP contribution < -0.4 is 0 Å². The maximum Gasteiger partial charge on any atom is 0.0359 e. The standard InChI is InChI=1S/C19H20.CH3.Y/c1-4-5-15-19(3,17-12-7-6-8-13-17)18-14-10-9-11-16(18)2;;/h4-15H,1H2,2-3H3;1H3;/q;-1;/b15-5+;;. The maximum atomic E-state index is 3.79. The fraction of sp³-hybridized carbons (Fsp3) is 0.150. The summed E-state index contributed by atoms with van der Waals surface area (Å²) in [4.78, 5) is 0. The van der Waals surface area contributed by atoms with Crippen LogP contribution in [0.2, 0.25) is 0 Å². The van der Waals surface area contributed by atoms with E-state index in [4.69, 9.17) is 0 Å². The summed E-state index contributed by atoms with van der Waals surface area (Å²) in [7, 11) is 0. The van der Waals surface area contributed by atoms with Gasteiger partial charge in [-0.15, -0.1) is 0 Å². The van der Waals surface area contributed by atoms with Crippen molar-refractivity contribution in [1.29, 1.82) is 0 Å². The second-order valence-corrected chi connectivity index (χ2v) is 4.98. The quantitative estimate of drug-likeness (QED) is 0.504. The Morgan fingerprint density at radius 2 is 1.52 bits per heavy atom. The molecule has 2 aromatic rings. The minimum absolute atomic E-state index is 0. The van der Waals surface area contributed by atoms with Gasteiger partial charge in [-0.1, -0.05) is 79.4 Å². The first-order chi connectivity index (χ1) is 9.18. The molecule has 107 valence electrons. The Kier molecular flexibility index (Phi) is 8.70. The Hall–Kier alpha value is -0.976. The maximum absolute atomic E-state index is 3.79. The van der Waals surface area contributed by atoms with Crippen molar-refractivity contribution < 1.29 is 32.7 Å². The number of rotatable bonds is 4. The Labute approximate surface area is 154 Å². The topological polar surface area (TPSA) is 0 Å². The zero-order valence-electron chi connectivity index (χ0n) is 13.2. The van der Waals surface area contributed by atoms with Gasteiger partial charge in [0.05, 0.1) is 0 Å². The fourth-order valence-corrected chi connectivity index (χ4v) is 2.54. The van der Waals surface area contributed by atoms with Crippen LogP contribution >= 0.6 is 0 Å². The average Bonchev–Trinajstić information content (AvgIpc) is 2.46. The molecule has 1 unspecified atom stereocenters. The van der Waals surface area contributed by atoms with Crippen LogP contribution in [0.4, 0.5) is 0 Å². The van der Waals surface area contributed by atoms with Crippen LogP contribution in [0, 0.1) is 14.4 Å². The Bertz CT molecular complexity index is 584. The van der Waals surface area contributed by atoms with Gasteiger partial charge < -0.3 is 7.43 Å². The van der Waals surface area contributed by atoms with E-state index in [-0.39, 0.29) is 45.6 Å². The second-order valence-electron chi connectivity index (χ2n) is 4.98. The molecule has 0 fully saturated rings. The molecule has 21 heavy (non-hydrogen) atoms. The summed E-state index contributed by atoms with van der Waals surface area (Å²) in [5.41, 5.74) is 3.81. The molecule has 0 amide bonds. The molecule has 0 saturated carbocycles. The van der Waals surface area contributed by atoms with Crippen LogP contribution in [0.15, 0.2) is 79.4 Å². The van der Waals surface area contributed by atoms with Gasteiger partial charge in [-0.2, -0.15) is 0 Å². The van der Waals surface area contributed by atoms with Crippen molar-refractivity contribution in [3.8, 4) is 0 Å². The van der Waals surface area contributed by atoms with Crippen molar-refractivity contribution in [2.45, 2.75) is 19.3 Å². The molecule has 2 rings (SSSR count). The molecule has 1 atom stereocenters. The number of hydrogen-bond acceptors (Lipinski definition) is 0. The summed E-state index contributed by atoms with van der Waals surface area (Å²) in [5, 5.41) is 0. The van der Waals surface area contributed by atoms with Crippen LogP contribution in [0.3, 0.4) is 0 Å². The zero-order valence-corrected chi connectivity index (χ0v) is 16.1. The molecular formula is C20H23Y-. The van der Waals surface area contributed by atoms with E-state index in [0.717, 1.165) is 0 Å². The van der Waals surface area contributed by atoms with Crippen molar-refractivity contribution >= 4 is 0 Å². The number of hydrogen-bond donors (Lipinski definition) is 0. The summed E-state index contributed by atoms with van der Waals surface area (Å²) in [6.45, 7) is 8.21. The molecule has 0 aliphatic carbocycles. The van der Waals surface area contributed by atoms with Crippen molar-refractivity contribution in [2.24, 2.45) is 0 Å². The Morgan fingerprint density at radius 1 is 0.952 bits per heavy atom. The van der Waals surface area contributed by atoms with E-state index in [9.17, 15) is 0 Å². The number of benzene rings is 2. The van der Waals surface area contributed by atoms with Crippen LogP contribution in [0.25, 0.3) is 0 Å². The zero-order chi connectivity index (χ0) is 13.7. The van der Waals surface area contributed by atoms with E-state index in [0.29, 0.717) is 0 Å². The molecule has 0 saturated heterocycles. The summed E-state index contributed by atoms with van der Waals surface area (Å²) in [6, 6.07) is 19.2. The van der Waals surface area contributed by atoms with Crippen molar-refractivity contribution in [1.82, 2.24) is 0 Å². The molecule has 1 heteroatoms. The summed E-state index contributed by atoms with van der Waals surface area (Å²) in [5.74, 6) is 0. The average molecular weight is 352 g/mol. The van der Waals surface area contributed by atoms with Crippen molar-refractivity contribution in [2.75, 3.05) is 0 Å². The largest absolute Gasteiger partial charge is 0.358 e. The van der Waals surface area contributed by atoms with Crippen LogP contribution in [-0.4, -0.2) is 0 Å². The normalized spacial score (nSPS) is 12.9. The smallest absolute Gasteiger partial charge is 0.0359 e. The molecule has 0 aliphatic rings. The fourth-order valence-electron chi connectivity index (χ4n) is 2.54. The third kappa shape index (κ3) is 4.49. The Morgan fingerprint density at radius 3 is 2.10 bits per heavy atom. The van der Waals surface area contributed by atoms with Crippen molar-refractivity contribution in [3.05, 3.63) is 104 Å². The molecule has 2 aromatic carbocycles. The molecule has 0 aliphatic heterocycles. The van der Waals surface area contributed by atoms with E-state index in [1.165, 1.54) is 16.7 Å². The number of allylic oxidation sites excluding steroid dienone is 3. The SMILES string of the molecule is C=C/C=C/C(C)(c1ccccc1)c1ccccc1C.[CH3-].[Y]. The summed E-state index contributed by atoms with van der Waals surface area (Å²) in [6.07, 6.45) is 6.08. The van der Waals surface area contributed by atoms with Gasteiger partial charge in [-0.3, -0.25) is 0 Å². The Balaban J connectivity index is 0.00000200. The third-order valence-corrected chi connectivity index (χ3v) is 3.64. The van der Waals surface area contributed by atoms with E-state index in [1.807, 2.05) is 12.2 Å². The van der Waals surface area contributed by atoms with Gasteiger partial charge >= 0.3 is 0 Å². The first-order valence-corrected chi connectivity index (χ1v) is 6.60. The first-order valence-electron chi connectivity index (χ1n) is 6.60. The summed E-state index contributed by atoms with van der Waals surface area (Å²) < 4.78 is 0. The van der Waals surface area contributed by atoms with Gasteiger partial charge in [-0.05, 0) is 30.5 Å². The number of aryl methyl sites for hydroxylation is 1. The van der Waals surface area contributed by atoms with Crippen LogP contribution in [0.5, 0.6) is 0 Å². The summed E-state index contributed by atoms with van der Waals surface area (Å²) >= 11 is 0. The monoisotopic (exact) mass is 352 g/mol. The van der Waals surface area contributed by atoms with E-state index < -0.39 is 0 Å². The molecule has 0 N–H and O–H groups in total. The van der Waals surface area contributed by atoms with Crippen molar-refractivity contribution in [3.63, 3.8) is 0 Å². The van der Waals surface area contributed by atoms with Gasteiger partial charge in [-0.25, -0.2) is 0 Å². The van der Waals surface area contributed by atoms with E-state index in [1.54, 1.807) is 0 Å². The van der Waals surface area contributed by atoms with Gasteiger partial charge in [0, 0.05) is 38.1 Å². The molecular weight excluding hydrogens is 329 g/mol. The molecule has 0 aromatic heterocycles. The van der Waals surface area contributed by atoms with E-state index >= 15 is 0 Å². The van der Waals surface area contributed by atoms with Crippen LogP contribution in [0.1, 0.15) is 23.6 Å². The molecule has 0 spiro atoms. The second kappa shape index (κ2) is 9.13. The van der Waals surface area contributed by atoms with Gasteiger partial charge in [0.15, 0.2) is 0 Å². The van der Waals surface area contributed by atoms with Gasteiger partial charge in [0.2, 0.25) is 0 Å². The molecule has 0 bridgehead atoms. The first kappa shape index (κ1) is 20.0. The van der Waals surface area contributed by atoms with E-state index in [2.05, 4.69) is 81.1 Å². The minimum atomic E-state index is -0.124. The predicted molar refractivity (Wildman–Crippen MR) is 89.8 cm³/mol.